The first-order valence-corrected chi connectivity index (χ1v) is 10.2. The second kappa shape index (κ2) is 9.12. The van der Waals surface area contributed by atoms with Crippen molar-refractivity contribution in [3.8, 4) is 0 Å². The number of halogens is 2. The molecule has 0 spiro atoms. The molecule has 0 aromatic heterocycles. The Labute approximate surface area is 157 Å². The van der Waals surface area contributed by atoms with Gasteiger partial charge in [-0.25, -0.2) is 12.8 Å². The van der Waals surface area contributed by atoms with E-state index in [0.717, 1.165) is 22.2 Å². The van der Waals surface area contributed by atoms with Gasteiger partial charge in [0.15, 0.2) is 0 Å². The van der Waals surface area contributed by atoms with E-state index in [0.29, 0.717) is 18.5 Å². The Morgan fingerprint density at radius 3 is 2.50 bits per heavy atom. The molecule has 0 unspecified atom stereocenters. The summed E-state index contributed by atoms with van der Waals surface area (Å²) in [6.07, 6.45) is 2.37. The van der Waals surface area contributed by atoms with E-state index >= 15 is 0 Å². The number of hydrogen-bond donors (Lipinski definition) is 1. The smallest absolute Gasteiger partial charge is 0.239 e. The largest absolute Gasteiger partial charge is 0.325 e. The number of nitrogens with zero attached hydrogens (tertiary/aromatic N) is 1. The maximum Gasteiger partial charge on any atom is 0.239 e. The molecule has 0 bridgehead atoms. The molecule has 2 aromatic rings. The van der Waals surface area contributed by atoms with Crippen molar-refractivity contribution >= 4 is 33.2 Å². The molecule has 0 aliphatic carbocycles. The number of benzene rings is 2. The van der Waals surface area contributed by atoms with Gasteiger partial charge in [0.25, 0.3) is 0 Å². The molecule has 2 aromatic carbocycles. The van der Waals surface area contributed by atoms with E-state index in [1.807, 2.05) is 30.3 Å². The normalized spacial score (nSPS) is 11.5. The van der Waals surface area contributed by atoms with Gasteiger partial charge in [0, 0.05) is 12.2 Å². The number of carbonyl (C=O) groups is 1. The van der Waals surface area contributed by atoms with Crippen LogP contribution in [0.4, 0.5) is 10.1 Å². The van der Waals surface area contributed by atoms with Crippen LogP contribution in [0.1, 0.15) is 12.0 Å². The zero-order chi connectivity index (χ0) is 19.2. The van der Waals surface area contributed by atoms with Gasteiger partial charge in [-0.15, -0.1) is 0 Å². The third-order valence-corrected chi connectivity index (χ3v) is 5.25. The molecule has 1 N–H and O–H groups in total. The Bertz CT molecular complexity index is 860. The zero-order valence-corrected chi connectivity index (χ0v) is 15.9. The Morgan fingerprint density at radius 2 is 1.88 bits per heavy atom. The molecule has 8 heteroatoms. The Balaban J connectivity index is 1.94. The van der Waals surface area contributed by atoms with Gasteiger partial charge in [0.1, 0.15) is 5.82 Å². The monoisotopic (exact) mass is 398 g/mol. The average Bonchev–Trinajstić information content (AvgIpc) is 2.57. The topological polar surface area (TPSA) is 66.5 Å². The molecular weight excluding hydrogens is 379 g/mol. The maximum absolute atomic E-state index is 13.1. The second-order valence-corrected chi connectivity index (χ2v) is 8.25. The summed E-state index contributed by atoms with van der Waals surface area (Å²) in [5.41, 5.74) is 1.41. The molecule has 0 saturated heterocycles. The minimum absolute atomic E-state index is 0.120. The van der Waals surface area contributed by atoms with E-state index in [1.165, 1.54) is 12.1 Å². The first-order chi connectivity index (χ1) is 12.3. The van der Waals surface area contributed by atoms with Crippen molar-refractivity contribution < 1.29 is 17.6 Å². The third-order valence-electron chi connectivity index (χ3n) is 3.71. The molecule has 2 rings (SSSR count). The second-order valence-electron chi connectivity index (χ2n) is 5.86. The van der Waals surface area contributed by atoms with Crippen LogP contribution in [0, 0.1) is 5.82 Å². The molecule has 0 atom stereocenters. The van der Waals surface area contributed by atoms with Crippen molar-refractivity contribution in [2.45, 2.75) is 12.8 Å². The van der Waals surface area contributed by atoms with Crippen LogP contribution in [-0.4, -0.2) is 38.0 Å². The Kier molecular flexibility index (Phi) is 7.14. The fourth-order valence-electron chi connectivity index (χ4n) is 2.40. The fraction of sp³-hybridized carbons (Fsp3) is 0.278. The van der Waals surface area contributed by atoms with E-state index < -0.39 is 21.7 Å². The minimum atomic E-state index is -3.54. The Hall–Kier alpha value is -1.96. The van der Waals surface area contributed by atoms with E-state index in [2.05, 4.69) is 5.32 Å². The lowest BCUT2D eigenvalue weighted by molar-refractivity contribution is -0.116. The molecule has 0 fully saturated rings. The van der Waals surface area contributed by atoms with Crippen molar-refractivity contribution in [2.75, 3.05) is 24.7 Å². The fourth-order valence-corrected chi connectivity index (χ4v) is 3.39. The lowest BCUT2D eigenvalue weighted by Gasteiger charge is -2.19. The number of sulfonamides is 1. The number of anilines is 1. The highest BCUT2D eigenvalue weighted by Crippen LogP contribution is 2.19. The first-order valence-electron chi connectivity index (χ1n) is 7.99. The summed E-state index contributed by atoms with van der Waals surface area (Å²) in [5.74, 6) is -1.11. The minimum Gasteiger partial charge on any atom is -0.325 e. The summed E-state index contributed by atoms with van der Waals surface area (Å²) in [6.45, 7) is -0.0893. The van der Waals surface area contributed by atoms with E-state index in [1.54, 1.807) is 0 Å². The van der Waals surface area contributed by atoms with E-state index in [9.17, 15) is 17.6 Å². The number of rotatable bonds is 8. The predicted octanol–water partition coefficient (Wildman–Crippen LogP) is 3.31. The van der Waals surface area contributed by atoms with Gasteiger partial charge in [0.2, 0.25) is 15.9 Å². The van der Waals surface area contributed by atoms with Crippen LogP contribution in [0.2, 0.25) is 5.02 Å². The average molecular weight is 399 g/mol. The molecule has 0 aliphatic rings. The van der Waals surface area contributed by atoms with Crippen molar-refractivity contribution in [3.05, 3.63) is 64.9 Å². The zero-order valence-electron chi connectivity index (χ0n) is 14.3. The molecule has 0 aliphatic heterocycles. The Morgan fingerprint density at radius 1 is 1.19 bits per heavy atom. The summed E-state index contributed by atoms with van der Waals surface area (Å²) < 4.78 is 38.1. The van der Waals surface area contributed by atoms with Crippen LogP contribution in [0.3, 0.4) is 0 Å². The number of aryl methyl sites for hydroxylation is 1. The van der Waals surface area contributed by atoms with Gasteiger partial charge in [0.05, 0.1) is 17.8 Å². The SMILES string of the molecule is CS(=O)(=O)N(CCCc1ccccc1)CC(=O)Nc1ccc(F)c(Cl)c1. The summed E-state index contributed by atoms with van der Waals surface area (Å²) in [7, 11) is -3.54. The molecule has 0 heterocycles. The van der Waals surface area contributed by atoms with Crippen LogP contribution in [0.25, 0.3) is 0 Å². The van der Waals surface area contributed by atoms with Gasteiger partial charge in [-0.1, -0.05) is 41.9 Å². The van der Waals surface area contributed by atoms with Gasteiger partial charge < -0.3 is 5.32 Å². The van der Waals surface area contributed by atoms with Crippen molar-refractivity contribution in [1.29, 1.82) is 0 Å². The summed E-state index contributed by atoms with van der Waals surface area (Å²) >= 11 is 5.67. The highest BCUT2D eigenvalue weighted by molar-refractivity contribution is 7.88. The first kappa shape index (κ1) is 20.4. The summed E-state index contributed by atoms with van der Waals surface area (Å²) in [4.78, 5) is 12.1. The van der Waals surface area contributed by atoms with Crippen LogP contribution >= 0.6 is 11.6 Å². The summed E-state index contributed by atoms with van der Waals surface area (Å²) in [6, 6.07) is 13.5. The van der Waals surface area contributed by atoms with Crippen molar-refractivity contribution in [2.24, 2.45) is 0 Å². The lowest BCUT2D eigenvalue weighted by atomic mass is 10.1. The van der Waals surface area contributed by atoms with E-state index in [-0.39, 0.29) is 18.1 Å². The predicted molar refractivity (Wildman–Crippen MR) is 101 cm³/mol. The van der Waals surface area contributed by atoms with Crippen LogP contribution < -0.4 is 5.32 Å². The molecule has 0 saturated carbocycles. The van der Waals surface area contributed by atoms with Crippen LogP contribution in [-0.2, 0) is 21.2 Å². The molecule has 140 valence electrons. The molecular formula is C18H20ClFN2O3S. The maximum atomic E-state index is 13.1. The lowest BCUT2D eigenvalue weighted by Crippen LogP contribution is -2.38. The number of carbonyl (C=O) groups excluding carboxylic acids is 1. The van der Waals surface area contributed by atoms with E-state index in [4.69, 9.17) is 11.6 Å². The molecule has 5 nitrogen and oxygen atoms in total. The number of nitrogens with one attached hydrogen (secondary N) is 1. The van der Waals surface area contributed by atoms with Crippen LogP contribution in [0.15, 0.2) is 48.5 Å². The number of amides is 1. The highest BCUT2D eigenvalue weighted by atomic mass is 35.5. The molecule has 0 radical (unpaired) electrons. The van der Waals surface area contributed by atoms with Gasteiger partial charge >= 0.3 is 0 Å². The van der Waals surface area contributed by atoms with Crippen molar-refractivity contribution in [3.63, 3.8) is 0 Å². The molecule has 1 amide bonds. The number of hydrogen-bond acceptors (Lipinski definition) is 3. The highest BCUT2D eigenvalue weighted by Gasteiger charge is 2.20. The van der Waals surface area contributed by atoms with Crippen molar-refractivity contribution in [1.82, 2.24) is 4.31 Å². The quantitative estimate of drug-likeness (QED) is 0.741. The van der Waals surface area contributed by atoms with Gasteiger partial charge in [-0.3, -0.25) is 4.79 Å². The molecule has 26 heavy (non-hydrogen) atoms. The van der Waals surface area contributed by atoms with Gasteiger partial charge in [-0.2, -0.15) is 4.31 Å². The van der Waals surface area contributed by atoms with Crippen LogP contribution in [0.5, 0.6) is 0 Å². The standard InChI is InChI=1S/C18H20ClFN2O3S/c1-26(24,25)22(11-5-8-14-6-3-2-4-7-14)13-18(23)21-15-9-10-17(20)16(19)12-15/h2-4,6-7,9-10,12H,5,8,11,13H2,1H3,(H,21,23). The van der Waals surface area contributed by atoms with Gasteiger partial charge in [-0.05, 0) is 36.6 Å². The third kappa shape index (κ3) is 6.40. The summed E-state index contributed by atoms with van der Waals surface area (Å²) in [5, 5.41) is 2.40.